The normalized spacial score (nSPS) is 17.8. The summed E-state index contributed by atoms with van der Waals surface area (Å²) in [5, 5.41) is 3.26. The van der Waals surface area contributed by atoms with Crippen molar-refractivity contribution in [3.8, 4) is 0 Å². The maximum atomic E-state index is 13.0. The second-order valence-corrected chi connectivity index (χ2v) is 7.43. The highest BCUT2D eigenvalue weighted by atomic mass is 35.5. The molecular weight excluding hydrogens is 385 g/mol. The van der Waals surface area contributed by atoms with Gasteiger partial charge >= 0.3 is 12.2 Å². The van der Waals surface area contributed by atoms with Crippen LogP contribution in [-0.4, -0.2) is 29.0 Å². The van der Waals surface area contributed by atoms with Gasteiger partial charge in [-0.1, -0.05) is 29.8 Å². The summed E-state index contributed by atoms with van der Waals surface area (Å²) in [5.41, 5.74) is 0.317. The maximum absolute atomic E-state index is 13.0. The molecule has 26 heavy (non-hydrogen) atoms. The second-order valence-electron chi connectivity index (χ2n) is 5.85. The third-order valence-electron chi connectivity index (χ3n) is 4.06. The van der Waals surface area contributed by atoms with Crippen molar-refractivity contribution in [2.45, 2.75) is 12.2 Å². The second kappa shape index (κ2) is 7.80. The summed E-state index contributed by atoms with van der Waals surface area (Å²) >= 11 is 7.54. The van der Waals surface area contributed by atoms with E-state index in [4.69, 9.17) is 11.6 Å². The molecule has 1 atom stereocenters. The van der Waals surface area contributed by atoms with Gasteiger partial charge in [0.2, 0.25) is 0 Å². The quantitative estimate of drug-likeness (QED) is 0.703. The van der Waals surface area contributed by atoms with Gasteiger partial charge in [0.1, 0.15) is 0 Å². The Labute approximate surface area is 158 Å². The largest absolute Gasteiger partial charge is 0.416 e. The van der Waals surface area contributed by atoms with Gasteiger partial charge in [0.25, 0.3) is 0 Å². The molecule has 0 spiro atoms. The van der Waals surface area contributed by atoms with Crippen LogP contribution in [0.1, 0.15) is 17.2 Å². The number of nitrogens with zero attached hydrogens (tertiary/aromatic N) is 1. The van der Waals surface area contributed by atoms with Crippen LogP contribution in [-0.2, 0) is 6.18 Å². The fourth-order valence-corrected chi connectivity index (χ4v) is 4.09. The lowest BCUT2D eigenvalue weighted by molar-refractivity contribution is -0.137. The van der Waals surface area contributed by atoms with E-state index in [0.717, 1.165) is 17.9 Å². The van der Waals surface area contributed by atoms with E-state index in [0.29, 0.717) is 28.6 Å². The molecule has 138 valence electrons. The SMILES string of the molecule is O=C(Nc1cccc(Cl)c1)N1CCSCC1c1cccc(C(F)(F)F)c1. The van der Waals surface area contributed by atoms with Crippen LogP contribution in [0.25, 0.3) is 0 Å². The molecule has 2 aromatic rings. The number of nitrogens with one attached hydrogen (secondary N) is 1. The molecular formula is C18H16ClF3N2OS. The molecule has 0 aliphatic carbocycles. The molecule has 0 aromatic heterocycles. The average molecular weight is 401 g/mol. The molecule has 1 unspecified atom stereocenters. The number of hydrogen-bond donors (Lipinski definition) is 1. The summed E-state index contributed by atoms with van der Waals surface area (Å²) in [6, 6.07) is 11.1. The molecule has 0 radical (unpaired) electrons. The van der Waals surface area contributed by atoms with Crippen LogP contribution in [0.15, 0.2) is 48.5 Å². The Hall–Kier alpha value is -1.86. The summed E-state index contributed by atoms with van der Waals surface area (Å²) in [5.74, 6) is 1.28. The van der Waals surface area contributed by atoms with Crippen LogP contribution in [0.5, 0.6) is 0 Å². The van der Waals surface area contributed by atoms with Crippen molar-refractivity contribution < 1.29 is 18.0 Å². The molecule has 1 aliphatic heterocycles. The average Bonchev–Trinajstić information content (AvgIpc) is 2.61. The van der Waals surface area contributed by atoms with Crippen LogP contribution in [0, 0.1) is 0 Å². The predicted molar refractivity (Wildman–Crippen MR) is 98.7 cm³/mol. The first-order valence-electron chi connectivity index (χ1n) is 7.93. The van der Waals surface area contributed by atoms with Crippen molar-refractivity contribution in [1.82, 2.24) is 4.90 Å². The lowest BCUT2D eigenvalue weighted by Gasteiger charge is -2.36. The Kier molecular flexibility index (Phi) is 5.67. The zero-order chi connectivity index (χ0) is 18.7. The highest BCUT2D eigenvalue weighted by Gasteiger charge is 2.33. The number of benzene rings is 2. The third kappa shape index (κ3) is 4.45. The molecule has 1 N–H and O–H groups in total. The van der Waals surface area contributed by atoms with E-state index >= 15 is 0 Å². The van der Waals surface area contributed by atoms with Crippen molar-refractivity contribution >= 4 is 35.1 Å². The number of thioether (sulfide) groups is 1. The molecule has 1 fully saturated rings. The number of amides is 2. The molecule has 2 aromatic carbocycles. The summed E-state index contributed by atoms with van der Waals surface area (Å²) in [4.78, 5) is 14.3. The van der Waals surface area contributed by atoms with Crippen LogP contribution in [0.4, 0.5) is 23.7 Å². The number of carbonyl (C=O) groups is 1. The minimum atomic E-state index is -4.41. The maximum Gasteiger partial charge on any atom is 0.416 e. The summed E-state index contributed by atoms with van der Waals surface area (Å²) in [6.45, 7) is 0.456. The number of carbonyl (C=O) groups excluding carboxylic acids is 1. The van der Waals surface area contributed by atoms with E-state index in [1.165, 1.54) is 6.07 Å². The first-order valence-corrected chi connectivity index (χ1v) is 9.46. The Morgan fingerprint density at radius 2 is 1.96 bits per heavy atom. The third-order valence-corrected chi connectivity index (χ3v) is 5.32. The van der Waals surface area contributed by atoms with Gasteiger partial charge in [-0.15, -0.1) is 0 Å². The zero-order valence-corrected chi connectivity index (χ0v) is 15.2. The van der Waals surface area contributed by atoms with Gasteiger partial charge in [-0.05, 0) is 35.9 Å². The van der Waals surface area contributed by atoms with Crippen molar-refractivity contribution in [3.63, 3.8) is 0 Å². The lowest BCUT2D eigenvalue weighted by Crippen LogP contribution is -2.43. The smallest absolute Gasteiger partial charge is 0.316 e. The molecule has 2 amide bonds. The number of urea groups is 1. The Balaban J connectivity index is 1.83. The molecule has 3 nitrogen and oxygen atoms in total. The first kappa shape index (κ1) is 18.9. The van der Waals surface area contributed by atoms with Gasteiger partial charge < -0.3 is 10.2 Å². The van der Waals surface area contributed by atoms with Crippen molar-refractivity contribution in [1.29, 1.82) is 0 Å². The Morgan fingerprint density at radius 3 is 2.69 bits per heavy atom. The van der Waals surface area contributed by atoms with Gasteiger partial charge in [-0.2, -0.15) is 24.9 Å². The lowest BCUT2D eigenvalue weighted by atomic mass is 10.0. The number of rotatable bonds is 2. The summed E-state index contributed by atoms with van der Waals surface area (Å²) in [7, 11) is 0. The zero-order valence-electron chi connectivity index (χ0n) is 13.6. The van der Waals surface area contributed by atoms with Gasteiger partial charge in [0, 0.05) is 28.8 Å². The van der Waals surface area contributed by atoms with Gasteiger partial charge in [0.15, 0.2) is 0 Å². The van der Waals surface area contributed by atoms with E-state index in [1.54, 1.807) is 47.0 Å². The molecule has 1 aliphatic rings. The fourth-order valence-electron chi connectivity index (χ4n) is 2.81. The standard InChI is InChI=1S/C18H16ClF3N2OS/c19-14-5-2-6-15(10-14)23-17(25)24-7-8-26-11-16(24)12-3-1-4-13(9-12)18(20,21)22/h1-6,9-10,16H,7-8,11H2,(H,23,25). The minimum Gasteiger partial charge on any atom is -0.316 e. The predicted octanol–water partition coefficient (Wildman–Crippen LogP) is 5.68. The van der Waals surface area contributed by atoms with E-state index in [-0.39, 0.29) is 6.03 Å². The van der Waals surface area contributed by atoms with Crippen LogP contribution >= 0.6 is 23.4 Å². The van der Waals surface area contributed by atoms with Gasteiger partial charge in [-0.25, -0.2) is 4.79 Å². The van der Waals surface area contributed by atoms with E-state index < -0.39 is 17.8 Å². The highest BCUT2D eigenvalue weighted by molar-refractivity contribution is 7.99. The molecule has 1 saturated heterocycles. The molecule has 3 rings (SSSR count). The molecule has 8 heteroatoms. The number of hydrogen-bond acceptors (Lipinski definition) is 2. The van der Waals surface area contributed by atoms with Gasteiger partial charge in [0.05, 0.1) is 11.6 Å². The topological polar surface area (TPSA) is 32.3 Å². The van der Waals surface area contributed by atoms with Crippen LogP contribution in [0.2, 0.25) is 5.02 Å². The van der Waals surface area contributed by atoms with Crippen molar-refractivity contribution in [2.24, 2.45) is 0 Å². The fraction of sp³-hybridized carbons (Fsp3) is 0.278. The summed E-state index contributed by atoms with van der Waals surface area (Å²) in [6.07, 6.45) is -4.41. The molecule has 1 heterocycles. The monoisotopic (exact) mass is 400 g/mol. The van der Waals surface area contributed by atoms with E-state index in [1.807, 2.05) is 0 Å². The Bertz CT molecular complexity index is 800. The minimum absolute atomic E-state index is 0.352. The number of alkyl halides is 3. The first-order chi connectivity index (χ1) is 12.3. The molecule has 0 bridgehead atoms. The summed E-state index contributed by atoms with van der Waals surface area (Å²) < 4.78 is 39.0. The van der Waals surface area contributed by atoms with Gasteiger partial charge in [-0.3, -0.25) is 0 Å². The number of halogens is 4. The van der Waals surface area contributed by atoms with Crippen molar-refractivity contribution in [2.75, 3.05) is 23.4 Å². The van der Waals surface area contributed by atoms with Crippen LogP contribution in [0.3, 0.4) is 0 Å². The van der Waals surface area contributed by atoms with E-state index in [9.17, 15) is 18.0 Å². The Morgan fingerprint density at radius 1 is 1.19 bits per heavy atom. The van der Waals surface area contributed by atoms with Crippen LogP contribution < -0.4 is 5.32 Å². The molecule has 0 saturated carbocycles. The number of anilines is 1. The van der Waals surface area contributed by atoms with Crippen molar-refractivity contribution in [3.05, 3.63) is 64.7 Å². The highest BCUT2D eigenvalue weighted by Crippen LogP contribution is 2.35. The van der Waals surface area contributed by atoms with E-state index in [2.05, 4.69) is 5.32 Å².